The number of amides is 1. The highest BCUT2D eigenvalue weighted by Crippen LogP contribution is 2.58. The minimum Gasteiger partial charge on any atom is -0.352 e. The van der Waals surface area contributed by atoms with E-state index >= 15 is 0 Å². The summed E-state index contributed by atoms with van der Waals surface area (Å²) in [6.45, 7) is 12.1. The summed E-state index contributed by atoms with van der Waals surface area (Å²) in [5.74, 6) is -0.877. The average Bonchev–Trinajstić information content (AvgIpc) is 3.39. The van der Waals surface area contributed by atoms with Gasteiger partial charge in [0.25, 0.3) is 0 Å². The van der Waals surface area contributed by atoms with E-state index in [-0.39, 0.29) is 17.5 Å². The van der Waals surface area contributed by atoms with Crippen LogP contribution in [0, 0.1) is 24.2 Å². The lowest BCUT2D eigenvalue weighted by atomic mass is 9.63. The number of rotatable bonds is 5. The molecule has 3 heterocycles. The van der Waals surface area contributed by atoms with Crippen LogP contribution in [0.5, 0.6) is 0 Å². The molecule has 3 aliphatic heterocycles. The van der Waals surface area contributed by atoms with Gasteiger partial charge in [-0.15, -0.1) is 0 Å². The molecule has 3 aromatic rings. The second-order valence-electron chi connectivity index (χ2n) is 13.3. The molecule has 1 N–H and O–H groups in total. The van der Waals surface area contributed by atoms with Gasteiger partial charge in [0.05, 0.1) is 12.0 Å². The first kappa shape index (κ1) is 27.2. The van der Waals surface area contributed by atoms with Crippen molar-refractivity contribution >= 4 is 34.9 Å². The zero-order chi connectivity index (χ0) is 29.3. The maximum atomic E-state index is 14.9. The van der Waals surface area contributed by atoms with Gasteiger partial charge in [0.2, 0.25) is 5.91 Å². The number of hydrogen-bond donors (Lipinski definition) is 1. The second kappa shape index (κ2) is 9.54. The van der Waals surface area contributed by atoms with Gasteiger partial charge in [0.15, 0.2) is 11.6 Å². The smallest absolute Gasteiger partial charge is 0.238 e. The minimum atomic E-state index is -1.27. The molecule has 5 nitrogen and oxygen atoms in total. The van der Waals surface area contributed by atoms with E-state index in [4.69, 9.17) is 0 Å². The molecule has 3 aromatic carbocycles. The highest BCUT2D eigenvalue weighted by atomic mass is 16.2. The molecule has 0 radical (unpaired) electrons. The fourth-order valence-corrected chi connectivity index (χ4v) is 7.20. The Kier molecular flexibility index (Phi) is 6.33. The Morgan fingerprint density at radius 1 is 1.00 bits per heavy atom. The number of para-hydroxylation sites is 1. The van der Waals surface area contributed by atoms with Gasteiger partial charge < -0.3 is 10.2 Å². The Labute approximate surface area is 242 Å². The molecule has 0 unspecified atom stereocenters. The molecule has 1 amide bonds. The molecule has 0 saturated carbocycles. The molecule has 0 bridgehead atoms. The lowest BCUT2D eigenvalue weighted by molar-refractivity contribution is -0.128. The number of nitrogens with one attached hydrogen (secondary N) is 1. The van der Waals surface area contributed by atoms with Crippen molar-refractivity contribution in [1.29, 1.82) is 0 Å². The number of Topliss-reactive ketones (excluding diaryl/α,β-unsaturated/α-hetero) is 2. The van der Waals surface area contributed by atoms with Crippen molar-refractivity contribution in [3.05, 3.63) is 101 Å². The summed E-state index contributed by atoms with van der Waals surface area (Å²) in [5.41, 5.74) is 4.14. The minimum absolute atomic E-state index is 0.0480. The first-order chi connectivity index (χ1) is 19.4. The number of benzene rings is 3. The molecule has 1 saturated heterocycles. The Morgan fingerprint density at radius 3 is 2.39 bits per heavy atom. The fourth-order valence-electron chi connectivity index (χ4n) is 7.20. The van der Waals surface area contributed by atoms with Crippen molar-refractivity contribution in [3.8, 4) is 0 Å². The van der Waals surface area contributed by atoms with Crippen LogP contribution < -0.4 is 10.2 Å². The molecule has 0 aliphatic carbocycles. The highest BCUT2D eigenvalue weighted by molar-refractivity contribution is 6.17. The van der Waals surface area contributed by atoms with Gasteiger partial charge in [-0.2, -0.15) is 0 Å². The first-order valence-corrected chi connectivity index (χ1v) is 14.6. The van der Waals surface area contributed by atoms with Crippen LogP contribution in [0.4, 0.5) is 11.4 Å². The van der Waals surface area contributed by atoms with Gasteiger partial charge in [-0.3, -0.25) is 14.4 Å². The Hall–Kier alpha value is -3.99. The molecule has 3 aliphatic rings. The quantitative estimate of drug-likeness (QED) is 0.358. The fraction of sp³-hybridized carbons (Fsp3) is 0.361. The van der Waals surface area contributed by atoms with Gasteiger partial charge in [-0.25, -0.2) is 0 Å². The van der Waals surface area contributed by atoms with Crippen LogP contribution >= 0.6 is 0 Å². The van der Waals surface area contributed by atoms with Crippen molar-refractivity contribution in [2.24, 2.45) is 17.3 Å². The van der Waals surface area contributed by atoms with E-state index in [1.165, 1.54) is 0 Å². The summed E-state index contributed by atoms with van der Waals surface area (Å²) in [5, 5.41) is 3.10. The normalized spacial score (nSPS) is 24.3. The third-order valence-electron chi connectivity index (χ3n) is 8.96. The molecule has 4 atom stereocenters. The van der Waals surface area contributed by atoms with Crippen LogP contribution in [0.25, 0.3) is 6.08 Å². The summed E-state index contributed by atoms with van der Waals surface area (Å²) >= 11 is 0. The second-order valence-corrected chi connectivity index (χ2v) is 13.3. The third-order valence-corrected chi connectivity index (χ3v) is 8.96. The van der Waals surface area contributed by atoms with Crippen LogP contribution in [0.2, 0.25) is 0 Å². The monoisotopic (exact) mass is 546 g/mol. The number of anilines is 2. The maximum absolute atomic E-state index is 14.9. The molecule has 41 heavy (non-hydrogen) atoms. The molecule has 1 spiro atoms. The van der Waals surface area contributed by atoms with Gasteiger partial charge in [0.1, 0.15) is 11.5 Å². The van der Waals surface area contributed by atoms with E-state index < -0.39 is 28.8 Å². The van der Waals surface area contributed by atoms with Crippen molar-refractivity contribution in [2.45, 2.75) is 65.5 Å². The predicted molar refractivity (Wildman–Crippen MR) is 164 cm³/mol. The van der Waals surface area contributed by atoms with Crippen molar-refractivity contribution in [3.63, 3.8) is 0 Å². The lowest BCUT2D eigenvalue weighted by Gasteiger charge is -2.38. The number of ketones is 2. The highest BCUT2D eigenvalue weighted by Gasteiger charge is 2.70. The van der Waals surface area contributed by atoms with Crippen LogP contribution in [0.1, 0.15) is 67.2 Å². The van der Waals surface area contributed by atoms with Crippen molar-refractivity contribution in [1.82, 2.24) is 0 Å². The van der Waals surface area contributed by atoms with Crippen molar-refractivity contribution in [2.75, 3.05) is 10.2 Å². The topological polar surface area (TPSA) is 66.5 Å². The largest absolute Gasteiger partial charge is 0.352 e. The zero-order valence-corrected chi connectivity index (χ0v) is 24.7. The van der Waals surface area contributed by atoms with E-state index in [0.717, 1.165) is 34.4 Å². The number of hydrogen-bond acceptors (Lipinski definition) is 4. The van der Waals surface area contributed by atoms with E-state index in [2.05, 4.69) is 30.1 Å². The summed E-state index contributed by atoms with van der Waals surface area (Å²) in [6.07, 6.45) is 5.00. The molecule has 0 aromatic heterocycles. The number of nitrogens with zero attached hydrogens (tertiary/aromatic N) is 1. The van der Waals surface area contributed by atoms with Crippen molar-refractivity contribution < 1.29 is 14.4 Å². The molecule has 1 fully saturated rings. The summed E-state index contributed by atoms with van der Waals surface area (Å²) < 4.78 is 0. The average molecular weight is 547 g/mol. The summed E-state index contributed by atoms with van der Waals surface area (Å²) in [4.78, 5) is 45.9. The third kappa shape index (κ3) is 4.08. The zero-order valence-electron chi connectivity index (χ0n) is 24.7. The number of fused-ring (bicyclic) bond motifs is 6. The van der Waals surface area contributed by atoms with Crippen LogP contribution in [-0.2, 0) is 21.4 Å². The molecule has 5 heteroatoms. The van der Waals surface area contributed by atoms with E-state index in [1.54, 1.807) is 0 Å². The standard InChI is InChI=1S/C36H38N2O3/c1-21(2)19-23-12-14-24(15-13-23)32(39)30-31(33(40)35(4,5)6)38-28-17-11-22(3)20-25(28)16-18-29(38)36(30)26-9-7-8-10-27(26)37-34(36)41/h7-18,20-21,29-31H,19H2,1-6H3,(H,37,41)/t29-,30+,31-,36-/m0/s1. The molecule has 6 rings (SSSR count). The van der Waals surface area contributed by atoms with Gasteiger partial charge in [0, 0.05) is 22.4 Å². The van der Waals surface area contributed by atoms with Crippen LogP contribution in [0.15, 0.2) is 72.8 Å². The van der Waals surface area contributed by atoms with E-state index in [9.17, 15) is 14.4 Å². The van der Waals surface area contributed by atoms with E-state index in [0.29, 0.717) is 17.2 Å². The molecule has 210 valence electrons. The first-order valence-electron chi connectivity index (χ1n) is 14.6. The Balaban J connectivity index is 1.62. The van der Waals surface area contributed by atoms with Gasteiger partial charge >= 0.3 is 0 Å². The van der Waals surface area contributed by atoms with Gasteiger partial charge in [-0.1, -0.05) is 101 Å². The lowest BCUT2D eigenvalue weighted by Crippen LogP contribution is -2.51. The molecular weight excluding hydrogens is 508 g/mol. The van der Waals surface area contributed by atoms with Crippen LogP contribution in [0.3, 0.4) is 0 Å². The maximum Gasteiger partial charge on any atom is 0.238 e. The number of carbonyl (C=O) groups is 3. The van der Waals surface area contributed by atoms with Crippen LogP contribution in [-0.4, -0.2) is 29.6 Å². The predicted octanol–water partition coefficient (Wildman–Crippen LogP) is 6.78. The summed E-state index contributed by atoms with van der Waals surface area (Å²) in [6, 6.07) is 20.2. The van der Waals surface area contributed by atoms with E-state index in [1.807, 2.05) is 101 Å². The Morgan fingerprint density at radius 2 is 1.71 bits per heavy atom. The number of carbonyl (C=O) groups excluding carboxylic acids is 3. The number of aryl methyl sites for hydroxylation is 1. The molecular formula is C36H38N2O3. The SMILES string of the molecule is Cc1ccc2c(c1)C=C[C@@H]1N2[C@H](C(=O)C(C)(C)C)[C@H](C(=O)c2ccc(CC(C)C)cc2)[C@@]12C(=O)Nc1ccccc12. The summed E-state index contributed by atoms with van der Waals surface area (Å²) in [7, 11) is 0. The Bertz CT molecular complexity index is 1590. The van der Waals surface area contributed by atoms with Gasteiger partial charge in [-0.05, 0) is 54.2 Å².